The lowest BCUT2D eigenvalue weighted by Gasteiger charge is -2.18. The molecule has 1 aliphatic rings. The molecular weight excluding hydrogens is 337 g/mol. The van der Waals surface area contributed by atoms with Crippen molar-refractivity contribution in [1.82, 2.24) is 16.2 Å². The third-order valence-electron chi connectivity index (χ3n) is 4.26. The number of hydrogen-bond donors (Lipinski definition) is 3. The summed E-state index contributed by atoms with van der Waals surface area (Å²) >= 11 is 0. The first-order chi connectivity index (χ1) is 12.7. The number of amides is 1. The summed E-state index contributed by atoms with van der Waals surface area (Å²) in [5.41, 5.74) is 6.93. The molecule has 1 aliphatic heterocycles. The molecule has 0 saturated carbocycles. The van der Waals surface area contributed by atoms with Gasteiger partial charge in [0.1, 0.15) is 23.9 Å². The maximum Gasteiger partial charge on any atom is 0.226 e. The van der Waals surface area contributed by atoms with Crippen LogP contribution in [0.4, 0.5) is 4.39 Å². The van der Waals surface area contributed by atoms with Gasteiger partial charge in [-0.15, -0.1) is 0 Å². The van der Waals surface area contributed by atoms with Gasteiger partial charge in [0.05, 0.1) is 25.6 Å². The summed E-state index contributed by atoms with van der Waals surface area (Å²) < 4.78 is 23.8. The van der Waals surface area contributed by atoms with Crippen LogP contribution >= 0.6 is 0 Å². The first-order valence-corrected chi connectivity index (χ1v) is 8.46. The minimum absolute atomic E-state index is 0.0777. The molecule has 1 fully saturated rings. The lowest BCUT2D eigenvalue weighted by Crippen LogP contribution is -2.37. The van der Waals surface area contributed by atoms with E-state index in [2.05, 4.69) is 16.2 Å². The first kappa shape index (κ1) is 18.2. The SMILES string of the molecule is COc1cccc(OCCNC(=O)C2CNNC2c2ccc(F)cc2)c1. The Morgan fingerprint density at radius 2 is 2.00 bits per heavy atom. The van der Waals surface area contributed by atoms with Crippen LogP contribution in [-0.2, 0) is 4.79 Å². The number of benzene rings is 2. The zero-order valence-corrected chi connectivity index (χ0v) is 14.5. The minimum Gasteiger partial charge on any atom is -0.497 e. The van der Waals surface area contributed by atoms with Gasteiger partial charge in [-0.05, 0) is 29.8 Å². The van der Waals surface area contributed by atoms with Gasteiger partial charge in [-0.1, -0.05) is 18.2 Å². The number of rotatable bonds is 7. The molecule has 0 aromatic heterocycles. The maximum atomic E-state index is 13.1. The Hall–Kier alpha value is -2.64. The molecule has 0 bridgehead atoms. The fraction of sp³-hybridized carbons (Fsp3) is 0.316. The van der Waals surface area contributed by atoms with Crippen LogP contribution in [-0.4, -0.2) is 32.7 Å². The van der Waals surface area contributed by atoms with Crippen LogP contribution < -0.4 is 25.6 Å². The Bertz CT molecular complexity index is 739. The highest BCUT2D eigenvalue weighted by Gasteiger charge is 2.33. The van der Waals surface area contributed by atoms with Crippen LogP contribution in [0.5, 0.6) is 11.5 Å². The highest BCUT2D eigenvalue weighted by atomic mass is 19.1. The molecule has 3 N–H and O–H groups in total. The van der Waals surface area contributed by atoms with Crippen LogP contribution in [0.3, 0.4) is 0 Å². The van der Waals surface area contributed by atoms with Crippen molar-refractivity contribution in [2.45, 2.75) is 6.04 Å². The molecule has 26 heavy (non-hydrogen) atoms. The van der Waals surface area contributed by atoms with Gasteiger partial charge in [-0.2, -0.15) is 0 Å². The van der Waals surface area contributed by atoms with E-state index in [9.17, 15) is 9.18 Å². The lowest BCUT2D eigenvalue weighted by molar-refractivity contribution is -0.125. The molecule has 2 unspecified atom stereocenters. The summed E-state index contributed by atoms with van der Waals surface area (Å²) in [5, 5.41) is 2.89. The van der Waals surface area contributed by atoms with Crippen molar-refractivity contribution in [3.63, 3.8) is 0 Å². The second-order valence-corrected chi connectivity index (χ2v) is 5.98. The second kappa shape index (κ2) is 8.64. The summed E-state index contributed by atoms with van der Waals surface area (Å²) in [7, 11) is 1.60. The quantitative estimate of drug-likeness (QED) is 0.658. The molecule has 1 saturated heterocycles. The van der Waals surface area contributed by atoms with Crippen LogP contribution in [0.2, 0.25) is 0 Å². The average molecular weight is 359 g/mol. The number of carbonyl (C=O) groups excluding carboxylic acids is 1. The summed E-state index contributed by atoms with van der Waals surface area (Å²) in [5.74, 6) is 0.752. The van der Waals surface area contributed by atoms with Crippen molar-refractivity contribution in [1.29, 1.82) is 0 Å². The van der Waals surface area contributed by atoms with Gasteiger partial charge >= 0.3 is 0 Å². The third-order valence-corrected chi connectivity index (χ3v) is 4.26. The van der Waals surface area contributed by atoms with Gasteiger partial charge in [0.2, 0.25) is 5.91 Å². The molecule has 0 radical (unpaired) electrons. The summed E-state index contributed by atoms with van der Waals surface area (Å²) in [4.78, 5) is 12.5. The Kier molecular flexibility index (Phi) is 6.04. The molecule has 1 amide bonds. The minimum atomic E-state index is -0.296. The van der Waals surface area contributed by atoms with Gasteiger partial charge in [0.15, 0.2) is 0 Å². The third kappa shape index (κ3) is 4.50. The summed E-state index contributed by atoms with van der Waals surface area (Å²) in [6.45, 7) is 1.25. The van der Waals surface area contributed by atoms with Gasteiger partial charge < -0.3 is 14.8 Å². The molecule has 6 nitrogen and oxygen atoms in total. The zero-order chi connectivity index (χ0) is 18.4. The molecule has 0 spiro atoms. The zero-order valence-electron chi connectivity index (χ0n) is 14.5. The Morgan fingerprint density at radius 1 is 1.23 bits per heavy atom. The van der Waals surface area contributed by atoms with Gasteiger partial charge in [0.25, 0.3) is 0 Å². The van der Waals surface area contributed by atoms with E-state index in [1.54, 1.807) is 25.3 Å². The van der Waals surface area contributed by atoms with Crippen molar-refractivity contribution in [2.24, 2.45) is 5.92 Å². The van der Waals surface area contributed by atoms with Crippen LogP contribution in [0.15, 0.2) is 48.5 Å². The molecule has 2 aromatic carbocycles. The van der Waals surface area contributed by atoms with Crippen LogP contribution in [0.25, 0.3) is 0 Å². The monoisotopic (exact) mass is 359 g/mol. The maximum absolute atomic E-state index is 13.1. The molecule has 138 valence electrons. The van der Waals surface area contributed by atoms with E-state index in [-0.39, 0.29) is 23.7 Å². The van der Waals surface area contributed by atoms with Crippen molar-refractivity contribution in [2.75, 3.05) is 26.8 Å². The highest BCUT2D eigenvalue weighted by Crippen LogP contribution is 2.25. The number of ether oxygens (including phenoxy) is 2. The predicted octanol–water partition coefficient (Wildman–Crippen LogP) is 1.79. The van der Waals surface area contributed by atoms with E-state index >= 15 is 0 Å². The van der Waals surface area contributed by atoms with Crippen molar-refractivity contribution in [3.05, 3.63) is 59.9 Å². The topological polar surface area (TPSA) is 71.6 Å². The van der Waals surface area contributed by atoms with Crippen molar-refractivity contribution in [3.8, 4) is 11.5 Å². The van der Waals surface area contributed by atoms with Crippen LogP contribution in [0.1, 0.15) is 11.6 Å². The molecule has 0 aliphatic carbocycles. The van der Waals surface area contributed by atoms with Gasteiger partial charge in [0, 0.05) is 12.6 Å². The summed E-state index contributed by atoms with van der Waals surface area (Å²) in [6.07, 6.45) is 0. The Labute approximate surface area is 151 Å². The summed E-state index contributed by atoms with van der Waals surface area (Å²) in [6, 6.07) is 13.3. The van der Waals surface area contributed by atoms with E-state index in [4.69, 9.17) is 9.47 Å². The van der Waals surface area contributed by atoms with Crippen LogP contribution in [0, 0.1) is 11.7 Å². The Morgan fingerprint density at radius 3 is 2.77 bits per heavy atom. The second-order valence-electron chi connectivity index (χ2n) is 5.98. The Balaban J connectivity index is 1.48. The molecule has 2 atom stereocenters. The first-order valence-electron chi connectivity index (χ1n) is 8.46. The van der Waals surface area contributed by atoms with E-state index in [1.807, 2.05) is 18.2 Å². The van der Waals surface area contributed by atoms with Crippen molar-refractivity contribution < 1.29 is 18.7 Å². The molecule has 3 rings (SSSR count). The van der Waals surface area contributed by atoms with Gasteiger partial charge in [-0.3, -0.25) is 10.2 Å². The fourth-order valence-corrected chi connectivity index (χ4v) is 2.89. The number of hydrogen-bond acceptors (Lipinski definition) is 5. The van der Waals surface area contributed by atoms with E-state index < -0.39 is 0 Å². The smallest absolute Gasteiger partial charge is 0.226 e. The lowest BCUT2D eigenvalue weighted by atomic mass is 9.94. The van der Waals surface area contributed by atoms with Crippen molar-refractivity contribution >= 4 is 5.91 Å². The largest absolute Gasteiger partial charge is 0.497 e. The highest BCUT2D eigenvalue weighted by molar-refractivity contribution is 5.80. The number of carbonyl (C=O) groups is 1. The average Bonchev–Trinajstić information content (AvgIpc) is 3.16. The van der Waals surface area contributed by atoms with Gasteiger partial charge in [-0.25, -0.2) is 9.82 Å². The van der Waals surface area contributed by atoms with E-state index in [0.717, 1.165) is 11.3 Å². The number of halogens is 1. The normalized spacial score (nSPS) is 19.2. The predicted molar refractivity (Wildman–Crippen MR) is 95.3 cm³/mol. The number of nitrogens with one attached hydrogen (secondary N) is 3. The molecule has 2 aromatic rings. The molecule has 7 heteroatoms. The standard InChI is InChI=1S/C19H22FN3O3/c1-25-15-3-2-4-16(11-15)26-10-9-21-19(24)17-12-22-23-18(17)13-5-7-14(20)8-6-13/h2-8,11,17-18,22-23H,9-10,12H2,1H3,(H,21,24). The molecular formula is C19H22FN3O3. The molecule has 1 heterocycles. The number of hydrazine groups is 1. The van der Waals surface area contributed by atoms with E-state index in [1.165, 1.54) is 12.1 Å². The van der Waals surface area contributed by atoms with E-state index in [0.29, 0.717) is 25.4 Å². The fourth-order valence-electron chi connectivity index (χ4n) is 2.89. The number of methoxy groups -OCH3 is 1.